The molecule has 5 N–H and O–H groups in total. The molecule has 0 radical (unpaired) electrons. The van der Waals surface area contributed by atoms with Gasteiger partial charge >= 0.3 is 0 Å². The first kappa shape index (κ1) is 29.7. The summed E-state index contributed by atoms with van der Waals surface area (Å²) < 4.78 is 32.7. The van der Waals surface area contributed by atoms with Crippen molar-refractivity contribution in [3.63, 3.8) is 0 Å². The van der Waals surface area contributed by atoms with Gasteiger partial charge in [0.05, 0.1) is 14.9 Å². The number of rotatable bonds is 14. The minimum Gasteiger partial charge on any atom is -0.376 e. The van der Waals surface area contributed by atoms with Crippen LogP contribution in [0.25, 0.3) is 0 Å². The highest BCUT2D eigenvalue weighted by atomic mass is 35.7. The molecule has 0 fully saturated rings. The average molecular weight is 429 g/mol. The zero-order valence-electron chi connectivity index (χ0n) is 17.9. The molecule has 9 heteroatoms. The number of nitrogens with two attached hydrogens (primary N) is 1. The monoisotopic (exact) mass is 428 g/mol. The first-order valence-corrected chi connectivity index (χ1v) is 11.5. The third kappa shape index (κ3) is 21.8. The van der Waals surface area contributed by atoms with E-state index in [1.165, 1.54) is 44.9 Å². The number of hydrogen-bond donors (Lipinski definition) is 4. The van der Waals surface area contributed by atoms with Crippen LogP contribution in [-0.2, 0) is 4.79 Å². The Hall–Kier alpha value is -0.480. The van der Waals surface area contributed by atoms with E-state index in [0.29, 0.717) is 6.42 Å². The van der Waals surface area contributed by atoms with Gasteiger partial charge in [-0.2, -0.15) is 14.0 Å². The molecular formula is C19H41ClN2O6. The van der Waals surface area contributed by atoms with Crippen molar-refractivity contribution in [1.82, 2.24) is 5.32 Å². The third-order valence-corrected chi connectivity index (χ3v) is 4.82. The first-order chi connectivity index (χ1) is 12.8. The molecule has 170 valence electrons. The highest BCUT2D eigenvalue weighted by Crippen LogP contribution is 2.17. The molecule has 0 aromatic carbocycles. The molecule has 0 aliphatic rings. The molecule has 0 saturated carbocycles. The van der Waals surface area contributed by atoms with Crippen LogP contribution in [0, 0.1) is 16.2 Å². The van der Waals surface area contributed by atoms with Crippen molar-refractivity contribution in [2.45, 2.75) is 110 Å². The van der Waals surface area contributed by atoms with Crippen LogP contribution >= 0.6 is 0 Å². The van der Waals surface area contributed by atoms with Crippen LogP contribution in [0.4, 0.5) is 0 Å². The van der Waals surface area contributed by atoms with Gasteiger partial charge in [-0.25, -0.2) is 0 Å². The highest BCUT2D eigenvalue weighted by molar-refractivity contribution is 5.76. The molecule has 0 heterocycles. The van der Waals surface area contributed by atoms with E-state index in [1.807, 2.05) is 13.8 Å². The Labute approximate surface area is 172 Å². The van der Waals surface area contributed by atoms with Crippen molar-refractivity contribution >= 4 is 5.91 Å². The maximum absolute atomic E-state index is 12.0. The molecule has 0 aliphatic carbocycles. The summed E-state index contributed by atoms with van der Waals surface area (Å²) in [5.41, 5.74) is 4.48. The second-order valence-electron chi connectivity index (χ2n) is 7.57. The Balaban J connectivity index is 0. The van der Waals surface area contributed by atoms with Gasteiger partial charge in [0, 0.05) is 18.4 Å². The minimum absolute atomic E-state index is 0.0685. The van der Waals surface area contributed by atoms with E-state index < -0.39 is 16.0 Å². The molecule has 0 aliphatic heterocycles. The molecule has 8 nitrogen and oxygen atoms in total. The van der Waals surface area contributed by atoms with Crippen molar-refractivity contribution in [3.8, 4) is 0 Å². The molecule has 28 heavy (non-hydrogen) atoms. The van der Waals surface area contributed by atoms with E-state index in [9.17, 15) is 9.90 Å². The zero-order chi connectivity index (χ0) is 22.2. The van der Waals surface area contributed by atoms with Gasteiger partial charge in [0.2, 0.25) is 5.91 Å². The normalized spacial score (nSPS) is 15.8. The van der Waals surface area contributed by atoms with Crippen LogP contribution in [0.3, 0.4) is 0 Å². The predicted octanol–water partition coefficient (Wildman–Crippen LogP) is -0.0186. The van der Waals surface area contributed by atoms with E-state index in [1.54, 1.807) is 6.92 Å². The largest absolute Gasteiger partial charge is 0.376 e. The second-order valence-corrected chi connectivity index (χ2v) is 8.36. The molecular weight excluding hydrogens is 388 g/mol. The topological polar surface area (TPSA) is 165 Å². The van der Waals surface area contributed by atoms with Gasteiger partial charge in [-0.1, -0.05) is 72.1 Å². The Kier molecular flexibility index (Phi) is 17.3. The quantitative estimate of drug-likeness (QED) is 0.223. The van der Waals surface area contributed by atoms with Gasteiger partial charge in [-0.3, -0.25) is 4.79 Å². The number of carbonyl (C=O) groups excluding carboxylic acids is 1. The van der Waals surface area contributed by atoms with Crippen molar-refractivity contribution < 1.29 is 38.8 Å². The summed E-state index contributed by atoms with van der Waals surface area (Å²) in [6.07, 6.45) is 12.6. The molecule has 0 aromatic heterocycles. The Bertz CT molecular complexity index is 380. The first-order valence-electron chi connectivity index (χ1n) is 10.3. The van der Waals surface area contributed by atoms with Crippen LogP contribution in [0.2, 0.25) is 0 Å². The molecule has 0 bridgehead atoms. The van der Waals surface area contributed by atoms with E-state index in [2.05, 4.69) is 12.2 Å². The SMILES string of the molecule is CCCCCCCCCCCC(=O)NC(CC)C(C)C(C)(N)O.[O-][Cl+3]([O-])([O-])O. The number of halogens is 1. The fourth-order valence-corrected chi connectivity index (χ4v) is 2.86. The number of nitrogens with one attached hydrogen (secondary N) is 1. The van der Waals surface area contributed by atoms with Crippen molar-refractivity contribution in [1.29, 1.82) is 0 Å². The lowest BCUT2D eigenvalue weighted by molar-refractivity contribution is -1.92. The number of unbranched alkanes of at least 4 members (excludes halogenated alkanes) is 8. The Morgan fingerprint density at radius 3 is 1.79 bits per heavy atom. The molecule has 3 unspecified atom stereocenters. The Morgan fingerprint density at radius 2 is 1.43 bits per heavy atom. The van der Waals surface area contributed by atoms with Crippen LogP contribution in [0.15, 0.2) is 0 Å². The van der Waals surface area contributed by atoms with E-state index in [4.69, 9.17) is 24.4 Å². The number of carbonyl (C=O) groups is 1. The van der Waals surface area contributed by atoms with Gasteiger partial charge < -0.3 is 16.2 Å². The summed E-state index contributed by atoms with van der Waals surface area (Å²) in [4.78, 5) is 12.0. The average Bonchev–Trinajstić information content (AvgIpc) is 2.55. The van der Waals surface area contributed by atoms with Crippen LogP contribution < -0.4 is 25.0 Å². The summed E-state index contributed by atoms with van der Waals surface area (Å²) in [6, 6.07) is -0.0685. The predicted molar refractivity (Wildman–Crippen MR) is 100 cm³/mol. The summed E-state index contributed by atoms with van der Waals surface area (Å²) >= 11 is 0. The van der Waals surface area contributed by atoms with Crippen LogP contribution in [0.5, 0.6) is 0 Å². The van der Waals surface area contributed by atoms with E-state index in [-0.39, 0.29) is 17.9 Å². The molecule has 1 amide bonds. The second kappa shape index (κ2) is 16.3. The standard InChI is InChI=1S/C19H40N2O2.ClHO4/c1-5-7-8-9-10-11-12-13-14-15-18(22)21-17(6-2)16(3)19(4,20)23;2-1(3,4)5/h16-17,23H,5-15,20H2,1-4H3,(H,21,22);(H,2,3,4,5). The van der Waals surface area contributed by atoms with Gasteiger partial charge in [-0.15, -0.1) is 0 Å². The van der Waals surface area contributed by atoms with Gasteiger partial charge in [0.15, 0.2) is 0 Å². The summed E-state index contributed by atoms with van der Waals surface area (Å²) in [5, 5.41) is 12.9. The highest BCUT2D eigenvalue weighted by Gasteiger charge is 2.30. The smallest absolute Gasteiger partial charge is 0.220 e. The zero-order valence-corrected chi connectivity index (χ0v) is 18.7. The van der Waals surface area contributed by atoms with E-state index in [0.717, 1.165) is 19.3 Å². The lowest BCUT2D eigenvalue weighted by Crippen LogP contribution is -2.58. The molecule has 0 rings (SSSR count). The Morgan fingerprint density at radius 1 is 1.04 bits per heavy atom. The fourth-order valence-electron chi connectivity index (χ4n) is 2.86. The van der Waals surface area contributed by atoms with Crippen molar-refractivity contribution in [3.05, 3.63) is 0 Å². The van der Waals surface area contributed by atoms with Gasteiger partial charge in [-0.05, 0) is 19.8 Å². The number of amides is 1. The third-order valence-electron chi connectivity index (χ3n) is 4.82. The number of hydrogen-bond acceptors (Lipinski definition) is 7. The minimum atomic E-state index is -4.69. The maximum atomic E-state index is 12.0. The summed E-state index contributed by atoms with van der Waals surface area (Å²) in [7, 11) is -4.69. The van der Waals surface area contributed by atoms with Crippen LogP contribution in [-0.4, -0.2) is 27.4 Å². The summed E-state index contributed by atoms with van der Waals surface area (Å²) in [5.74, 6) is -0.0875. The van der Waals surface area contributed by atoms with Crippen molar-refractivity contribution in [2.24, 2.45) is 11.7 Å². The summed E-state index contributed by atoms with van der Waals surface area (Å²) in [6.45, 7) is 7.72. The molecule has 3 atom stereocenters. The molecule has 0 spiro atoms. The lowest BCUT2D eigenvalue weighted by atomic mass is 9.90. The van der Waals surface area contributed by atoms with Gasteiger partial charge in [0.1, 0.15) is 5.72 Å². The lowest BCUT2D eigenvalue weighted by Gasteiger charge is -2.33. The maximum Gasteiger partial charge on any atom is 0.220 e. The molecule has 0 saturated heterocycles. The molecule has 0 aromatic rings. The van der Waals surface area contributed by atoms with E-state index >= 15 is 0 Å². The van der Waals surface area contributed by atoms with Gasteiger partial charge in [0.25, 0.3) is 0 Å². The fraction of sp³-hybridized carbons (Fsp3) is 0.947. The van der Waals surface area contributed by atoms with Crippen molar-refractivity contribution in [2.75, 3.05) is 0 Å². The number of aliphatic hydroxyl groups is 1. The van der Waals surface area contributed by atoms with Crippen LogP contribution in [0.1, 0.15) is 98.3 Å².